The maximum atomic E-state index is 15.4. The second-order valence-corrected chi connectivity index (χ2v) is 9.75. The topological polar surface area (TPSA) is 82.5 Å². The average molecular weight is 516 g/mol. The third-order valence-corrected chi connectivity index (χ3v) is 7.28. The molecule has 0 aliphatic carbocycles. The van der Waals surface area contributed by atoms with Gasteiger partial charge in [-0.1, -0.05) is 18.2 Å². The summed E-state index contributed by atoms with van der Waals surface area (Å²) in [6.45, 7) is 0.542. The van der Waals surface area contributed by atoms with Gasteiger partial charge in [0.25, 0.3) is 0 Å². The Kier molecular flexibility index (Phi) is 6.49. The summed E-state index contributed by atoms with van der Waals surface area (Å²) in [6.07, 6.45) is -3.74. The minimum absolute atomic E-state index is 0.0792. The molecule has 0 saturated carbocycles. The molecule has 3 aromatic rings. The van der Waals surface area contributed by atoms with Crippen LogP contribution in [0, 0.1) is 0 Å². The van der Waals surface area contributed by atoms with Gasteiger partial charge in [0.1, 0.15) is 11.8 Å². The zero-order valence-corrected chi connectivity index (χ0v) is 19.8. The number of piperidine rings is 2. The highest BCUT2D eigenvalue weighted by molar-refractivity contribution is 6.01. The number of amides is 2. The number of fused-ring (bicyclic) bond motifs is 1. The molecule has 2 aromatic carbocycles. The van der Waals surface area contributed by atoms with Crippen LogP contribution in [0.4, 0.5) is 17.6 Å². The van der Waals surface area contributed by atoms with Gasteiger partial charge in [0.2, 0.25) is 11.8 Å². The fourth-order valence-corrected chi connectivity index (χ4v) is 5.10. The number of nitrogens with one attached hydrogen (secondary N) is 1. The van der Waals surface area contributed by atoms with Crippen LogP contribution in [-0.4, -0.2) is 46.1 Å². The normalized spacial score (nSPS) is 25.3. The van der Waals surface area contributed by atoms with Crippen LogP contribution in [0.1, 0.15) is 47.4 Å². The van der Waals surface area contributed by atoms with Gasteiger partial charge in [0.15, 0.2) is 0 Å². The van der Waals surface area contributed by atoms with Gasteiger partial charge >= 0.3 is 6.18 Å². The molecule has 1 aromatic heterocycles. The van der Waals surface area contributed by atoms with E-state index in [0.29, 0.717) is 40.6 Å². The van der Waals surface area contributed by atoms with Crippen LogP contribution in [0.2, 0.25) is 0 Å². The van der Waals surface area contributed by atoms with Crippen molar-refractivity contribution >= 4 is 22.7 Å². The number of aromatic nitrogens is 1. The molecule has 0 bridgehead atoms. The first-order chi connectivity index (χ1) is 17.5. The fraction of sp³-hybridized carbons (Fsp3) is 0.370. The highest BCUT2D eigenvalue weighted by Crippen LogP contribution is 2.37. The van der Waals surface area contributed by atoms with Crippen molar-refractivity contribution < 1.29 is 32.3 Å². The van der Waals surface area contributed by atoms with E-state index in [9.17, 15) is 27.9 Å². The fourth-order valence-electron chi connectivity index (χ4n) is 5.10. The van der Waals surface area contributed by atoms with Gasteiger partial charge in [-0.05, 0) is 59.9 Å². The van der Waals surface area contributed by atoms with E-state index in [1.165, 1.54) is 12.1 Å². The average Bonchev–Trinajstić information content (AvgIpc) is 2.85. The highest BCUT2D eigenvalue weighted by Gasteiger charge is 2.43. The quantitative estimate of drug-likeness (QED) is 0.402. The van der Waals surface area contributed by atoms with Crippen molar-refractivity contribution in [3.63, 3.8) is 0 Å². The molecule has 0 spiro atoms. The van der Waals surface area contributed by atoms with Crippen molar-refractivity contribution in [2.45, 2.75) is 49.7 Å². The minimum atomic E-state index is -4.41. The summed E-state index contributed by atoms with van der Waals surface area (Å²) in [6, 6.07) is 11.6. The Hall–Kier alpha value is -3.37. The first-order valence-corrected chi connectivity index (χ1v) is 12.0. The molecule has 3 atom stereocenters. The third-order valence-electron chi connectivity index (χ3n) is 7.28. The molecule has 37 heavy (non-hydrogen) atoms. The van der Waals surface area contributed by atoms with Gasteiger partial charge < -0.3 is 5.11 Å². The standard InChI is InChI=1S/C27H25F4N3O3/c28-23-15-34(14-16-1-3-19(4-2-16)27(29,30)31)10-9-26(23,37)20-5-7-22-17(12-20)11-18(13-32-22)21-6-8-24(35)33-25(21)36/h1-5,7,11-13,21,23,37H,6,8-10,14-15H2,(H,33,35,36). The lowest BCUT2D eigenvalue weighted by Crippen LogP contribution is -2.51. The van der Waals surface area contributed by atoms with Crippen molar-refractivity contribution in [3.8, 4) is 0 Å². The second-order valence-electron chi connectivity index (χ2n) is 9.75. The molecule has 10 heteroatoms. The van der Waals surface area contributed by atoms with E-state index in [1.54, 1.807) is 35.4 Å². The summed E-state index contributed by atoms with van der Waals surface area (Å²) in [5.74, 6) is -1.20. The van der Waals surface area contributed by atoms with Crippen LogP contribution >= 0.6 is 0 Å². The van der Waals surface area contributed by atoms with Crippen LogP contribution < -0.4 is 5.32 Å². The van der Waals surface area contributed by atoms with Crippen LogP contribution in [0.25, 0.3) is 10.9 Å². The lowest BCUT2D eigenvalue weighted by atomic mass is 9.82. The molecule has 2 amide bonds. The Morgan fingerprint density at radius 1 is 1.11 bits per heavy atom. The number of hydrogen-bond donors (Lipinski definition) is 2. The van der Waals surface area contributed by atoms with Crippen LogP contribution in [0.5, 0.6) is 0 Å². The van der Waals surface area contributed by atoms with Crippen LogP contribution in [0.15, 0.2) is 54.7 Å². The van der Waals surface area contributed by atoms with Crippen molar-refractivity contribution in [1.29, 1.82) is 0 Å². The van der Waals surface area contributed by atoms with Crippen LogP contribution in [0.3, 0.4) is 0 Å². The molecule has 2 N–H and O–H groups in total. The van der Waals surface area contributed by atoms with E-state index in [-0.39, 0.29) is 37.7 Å². The molecule has 2 aliphatic heterocycles. The molecule has 2 aliphatic rings. The Morgan fingerprint density at radius 3 is 2.54 bits per heavy atom. The maximum absolute atomic E-state index is 15.4. The predicted molar refractivity (Wildman–Crippen MR) is 127 cm³/mol. The van der Waals surface area contributed by atoms with Gasteiger partial charge in [-0.15, -0.1) is 0 Å². The number of rotatable bonds is 4. The number of pyridine rings is 1. The molecule has 3 unspecified atom stereocenters. The number of alkyl halides is 4. The smallest absolute Gasteiger partial charge is 0.382 e. The first-order valence-electron chi connectivity index (χ1n) is 12.0. The van der Waals surface area contributed by atoms with E-state index >= 15 is 4.39 Å². The van der Waals surface area contributed by atoms with Crippen LogP contribution in [-0.2, 0) is 27.9 Å². The number of halogens is 4. The number of nitrogens with zero attached hydrogens (tertiary/aromatic N) is 2. The van der Waals surface area contributed by atoms with E-state index < -0.39 is 29.4 Å². The number of imide groups is 1. The molecule has 5 rings (SSSR count). The molecule has 3 heterocycles. The Bertz CT molecular complexity index is 1340. The zero-order chi connectivity index (χ0) is 26.4. The monoisotopic (exact) mass is 515 g/mol. The van der Waals surface area contributed by atoms with Crippen molar-refractivity contribution in [2.24, 2.45) is 0 Å². The molecular formula is C27H25F4N3O3. The number of hydrogen-bond acceptors (Lipinski definition) is 5. The summed E-state index contributed by atoms with van der Waals surface area (Å²) >= 11 is 0. The largest absolute Gasteiger partial charge is 0.416 e. The van der Waals surface area contributed by atoms with E-state index in [1.807, 2.05) is 0 Å². The summed E-state index contributed by atoms with van der Waals surface area (Å²) in [4.78, 5) is 29.9. The Balaban J connectivity index is 1.32. The lowest BCUT2D eigenvalue weighted by molar-refractivity contribution is -0.138. The van der Waals surface area contributed by atoms with Crippen molar-refractivity contribution in [1.82, 2.24) is 15.2 Å². The first kappa shape index (κ1) is 25.3. The lowest BCUT2D eigenvalue weighted by Gasteiger charge is -2.41. The highest BCUT2D eigenvalue weighted by atomic mass is 19.4. The van der Waals surface area contributed by atoms with E-state index in [2.05, 4.69) is 10.3 Å². The molecule has 2 fully saturated rings. The molecule has 6 nitrogen and oxygen atoms in total. The van der Waals surface area contributed by atoms with Gasteiger partial charge in [-0.3, -0.25) is 24.8 Å². The number of benzene rings is 2. The van der Waals surface area contributed by atoms with Gasteiger partial charge in [0, 0.05) is 37.6 Å². The third kappa shape index (κ3) is 5.08. The SMILES string of the molecule is O=C1CCC(c2cnc3ccc(C4(O)CCN(Cc5ccc(C(F)(F)F)cc5)CC4F)cc3c2)C(=O)N1. The van der Waals surface area contributed by atoms with Crippen molar-refractivity contribution in [2.75, 3.05) is 13.1 Å². The zero-order valence-electron chi connectivity index (χ0n) is 19.8. The van der Waals surface area contributed by atoms with Gasteiger partial charge in [-0.2, -0.15) is 13.2 Å². The summed E-state index contributed by atoms with van der Waals surface area (Å²) in [5, 5.41) is 14.3. The summed E-state index contributed by atoms with van der Waals surface area (Å²) in [5.41, 5.74) is -0.190. The van der Waals surface area contributed by atoms with Gasteiger partial charge in [0.05, 0.1) is 17.0 Å². The summed E-state index contributed by atoms with van der Waals surface area (Å²) < 4.78 is 53.8. The summed E-state index contributed by atoms with van der Waals surface area (Å²) in [7, 11) is 0. The number of carbonyl (C=O) groups is 2. The molecule has 194 valence electrons. The Labute approximate surface area is 210 Å². The van der Waals surface area contributed by atoms with E-state index in [4.69, 9.17) is 0 Å². The predicted octanol–water partition coefficient (Wildman–Crippen LogP) is 4.21. The number of aliphatic hydroxyl groups is 1. The Morgan fingerprint density at radius 2 is 1.86 bits per heavy atom. The molecule has 0 radical (unpaired) electrons. The van der Waals surface area contributed by atoms with Crippen molar-refractivity contribution in [3.05, 3.63) is 77.0 Å². The number of likely N-dealkylation sites (tertiary alicyclic amines) is 1. The van der Waals surface area contributed by atoms with Gasteiger partial charge in [-0.25, -0.2) is 4.39 Å². The minimum Gasteiger partial charge on any atom is -0.382 e. The maximum Gasteiger partial charge on any atom is 0.416 e. The number of carbonyl (C=O) groups excluding carboxylic acids is 2. The second kappa shape index (κ2) is 9.50. The van der Waals surface area contributed by atoms with E-state index in [0.717, 1.165) is 12.1 Å². The molecular weight excluding hydrogens is 490 g/mol. The molecule has 2 saturated heterocycles.